The van der Waals surface area contributed by atoms with Crippen LogP contribution >= 0.6 is 23.8 Å². The van der Waals surface area contributed by atoms with Crippen LogP contribution in [-0.2, 0) is 4.79 Å². The number of hydrogen-bond acceptors (Lipinski definition) is 4. The minimum Gasteiger partial charge on any atom is -0.493 e. The second kappa shape index (κ2) is 7.98. The summed E-state index contributed by atoms with van der Waals surface area (Å²) in [6, 6.07) is 10.9. The number of amides is 1. The zero-order valence-electron chi connectivity index (χ0n) is 15.2. The van der Waals surface area contributed by atoms with Crippen LogP contribution in [0.3, 0.4) is 0 Å². The molecule has 1 aliphatic heterocycles. The normalized spacial score (nSPS) is 15.3. The fourth-order valence-corrected chi connectivity index (χ4v) is 3.18. The molecule has 2 aromatic carbocycles. The lowest BCUT2D eigenvalue weighted by Gasteiger charge is -2.15. The Kier molecular flexibility index (Phi) is 5.68. The average Bonchev–Trinajstić information content (AvgIpc) is 2.91. The van der Waals surface area contributed by atoms with Gasteiger partial charge in [-0.05, 0) is 67.5 Å². The van der Waals surface area contributed by atoms with Gasteiger partial charge in [0, 0.05) is 5.02 Å². The Balaban J connectivity index is 1.92. The third-order valence-corrected chi connectivity index (χ3v) is 4.78. The van der Waals surface area contributed by atoms with E-state index in [1.54, 1.807) is 25.3 Å². The van der Waals surface area contributed by atoms with Crippen molar-refractivity contribution < 1.29 is 14.3 Å². The van der Waals surface area contributed by atoms with Crippen molar-refractivity contribution in [3.8, 4) is 11.5 Å². The maximum Gasteiger partial charge on any atom is 0.281 e. The molecule has 0 unspecified atom stereocenters. The minimum absolute atomic E-state index is 0.242. The Morgan fingerprint density at radius 1 is 1.22 bits per heavy atom. The van der Waals surface area contributed by atoms with Crippen molar-refractivity contribution in [2.45, 2.75) is 13.8 Å². The quantitative estimate of drug-likeness (QED) is 0.596. The van der Waals surface area contributed by atoms with Gasteiger partial charge in [0.2, 0.25) is 0 Å². The Hall–Kier alpha value is -2.57. The van der Waals surface area contributed by atoms with Crippen LogP contribution < -0.4 is 19.7 Å². The van der Waals surface area contributed by atoms with E-state index in [4.69, 9.17) is 33.3 Å². The number of nitrogens with zero attached hydrogens (tertiary/aromatic N) is 1. The van der Waals surface area contributed by atoms with Crippen molar-refractivity contribution >= 4 is 46.6 Å². The summed E-state index contributed by atoms with van der Waals surface area (Å²) in [4.78, 5) is 14.3. The van der Waals surface area contributed by atoms with Crippen LogP contribution in [0.4, 0.5) is 5.69 Å². The number of carbonyl (C=O) groups excluding carboxylic acids is 1. The molecule has 0 radical (unpaired) electrons. The highest BCUT2D eigenvalue weighted by atomic mass is 35.5. The maximum atomic E-state index is 12.9. The fourth-order valence-electron chi connectivity index (χ4n) is 2.71. The van der Waals surface area contributed by atoms with E-state index >= 15 is 0 Å². The third kappa shape index (κ3) is 3.91. The van der Waals surface area contributed by atoms with Crippen LogP contribution in [0, 0.1) is 6.92 Å². The SMILES string of the molecule is CCOc1cc(/C=C2\NC(=S)N(c3ccc(C)c(Cl)c3)C2=O)ccc1OC. The molecule has 27 heavy (non-hydrogen) atoms. The largest absolute Gasteiger partial charge is 0.493 e. The molecule has 2 aromatic rings. The summed E-state index contributed by atoms with van der Waals surface area (Å²) < 4.78 is 10.9. The van der Waals surface area contributed by atoms with Gasteiger partial charge in [-0.2, -0.15) is 0 Å². The molecule has 1 saturated heterocycles. The van der Waals surface area contributed by atoms with E-state index in [-0.39, 0.29) is 5.91 Å². The van der Waals surface area contributed by atoms with Crippen molar-refractivity contribution in [3.63, 3.8) is 0 Å². The molecular weight excluding hydrogens is 384 g/mol. The predicted octanol–water partition coefficient (Wildman–Crippen LogP) is 4.32. The second-order valence-corrected chi connectivity index (χ2v) is 6.70. The zero-order chi connectivity index (χ0) is 19.6. The molecule has 0 aromatic heterocycles. The summed E-state index contributed by atoms with van der Waals surface area (Å²) >= 11 is 11.5. The fraction of sp³-hybridized carbons (Fsp3) is 0.200. The number of benzene rings is 2. The molecular formula is C20H19ClN2O3S. The first-order valence-electron chi connectivity index (χ1n) is 8.38. The second-order valence-electron chi connectivity index (χ2n) is 5.91. The van der Waals surface area contributed by atoms with Gasteiger partial charge in [0.05, 0.1) is 19.4 Å². The molecule has 140 valence electrons. The van der Waals surface area contributed by atoms with Gasteiger partial charge in [-0.1, -0.05) is 23.7 Å². The molecule has 1 N–H and O–H groups in total. The molecule has 1 fully saturated rings. The highest BCUT2D eigenvalue weighted by molar-refractivity contribution is 7.80. The van der Waals surface area contributed by atoms with Gasteiger partial charge in [-0.25, -0.2) is 0 Å². The van der Waals surface area contributed by atoms with Crippen molar-refractivity contribution in [2.24, 2.45) is 0 Å². The Bertz CT molecular complexity index is 943. The Labute approximate surface area is 168 Å². The first-order chi connectivity index (χ1) is 12.9. The monoisotopic (exact) mass is 402 g/mol. The van der Waals surface area contributed by atoms with Gasteiger partial charge < -0.3 is 14.8 Å². The molecule has 0 bridgehead atoms. The summed E-state index contributed by atoms with van der Waals surface area (Å²) in [5, 5.41) is 3.86. The molecule has 7 heteroatoms. The third-order valence-electron chi connectivity index (χ3n) is 4.09. The molecule has 0 saturated carbocycles. The van der Waals surface area contributed by atoms with E-state index in [0.717, 1.165) is 11.1 Å². The number of rotatable bonds is 5. The maximum absolute atomic E-state index is 12.9. The molecule has 0 spiro atoms. The number of hydrogen-bond donors (Lipinski definition) is 1. The number of carbonyl (C=O) groups is 1. The first kappa shape index (κ1) is 19.2. The summed E-state index contributed by atoms with van der Waals surface area (Å²) in [5.74, 6) is 1.01. The lowest BCUT2D eigenvalue weighted by Crippen LogP contribution is -2.30. The summed E-state index contributed by atoms with van der Waals surface area (Å²) in [5.41, 5.74) is 2.73. The number of thiocarbonyl (C=S) groups is 1. The lowest BCUT2D eigenvalue weighted by molar-refractivity contribution is -0.113. The molecule has 0 atom stereocenters. The van der Waals surface area contributed by atoms with E-state index in [0.29, 0.717) is 39.6 Å². The van der Waals surface area contributed by atoms with Crippen LogP contribution in [0.1, 0.15) is 18.1 Å². The van der Waals surface area contributed by atoms with Crippen LogP contribution in [0.15, 0.2) is 42.1 Å². The Morgan fingerprint density at radius 2 is 2.00 bits per heavy atom. The zero-order valence-corrected chi connectivity index (χ0v) is 16.8. The molecule has 1 amide bonds. The van der Waals surface area contributed by atoms with E-state index in [2.05, 4.69) is 5.32 Å². The number of ether oxygens (including phenoxy) is 2. The predicted molar refractivity (Wildman–Crippen MR) is 112 cm³/mol. The number of anilines is 1. The van der Waals surface area contributed by atoms with Crippen LogP contribution in [-0.4, -0.2) is 24.7 Å². The lowest BCUT2D eigenvalue weighted by atomic mass is 10.1. The minimum atomic E-state index is -0.242. The number of halogens is 1. The van der Waals surface area contributed by atoms with Gasteiger partial charge in [0.25, 0.3) is 5.91 Å². The van der Waals surface area contributed by atoms with Crippen molar-refractivity contribution in [1.82, 2.24) is 5.32 Å². The van der Waals surface area contributed by atoms with Gasteiger partial charge in [-0.15, -0.1) is 0 Å². The standard InChI is InChI=1S/C20H19ClN2O3S/c1-4-26-18-10-13(6-8-17(18)25-3)9-16-19(24)23(20(27)22-16)14-7-5-12(2)15(21)11-14/h5-11H,4H2,1-3H3,(H,22,27)/b16-9-. The van der Waals surface area contributed by atoms with Gasteiger partial charge in [0.15, 0.2) is 16.6 Å². The molecule has 3 rings (SSSR count). The number of methoxy groups -OCH3 is 1. The van der Waals surface area contributed by atoms with E-state index in [9.17, 15) is 4.79 Å². The van der Waals surface area contributed by atoms with Gasteiger partial charge >= 0.3 is 0 Å². The average molecular weight is 403 g/mol. The summed E-state index contributed by atoms with van der Waals surface area (Å²) in [6.07, 6.45) is 1.73. The van der Waals surface area contributed by atoms with Crippen LogP contribution in [0.25, 0.3) is 6.08 Å². The van der Waals surface area contributed by atoms with Crippen LogP contribution in [0.5, 0.6) is 11.5 Å². The van der Waals surface area contributed by atoms with Gasteiger partial charge in [-0.3, -0.25) is 9.69 Å². The highest BCUT2D eigenvalue weighted by Crippen LogP contribution is 2.30. The van der Waals surface area contributed by atoms with Crippen molar-refractivity contribution in [1.29, 1.82) is 0 Å². The number of aryl methyl sites for hydroxylation is 1. The van der Waals surface area contributed by atoms with E-state index < -0.39 is 0 Å². The smallest absolute Gasteiger partial charge is 0.281 e. The molecule has 1 aliphatic rings. The summed E-state index contributed by atoms with van der Waals surface area (Å²) in [7, 11) is 1.58. The first-order valence-corrected chi connectivity index (χ1v) is 9.17. The number of nitrogens with one attached hydrogen (secondary N) is 1. The van der Waals surface area contributed by atoms with E-state index in [1.807, 2.05) is 38.1 Å². The van der Waals surface area contributed by atoms with Crippen molar-refractivity contribution in [2.75, 3.05) is 18.6 Å². The van der Waals surface area contributed by atoms with Gasteiger partial charge in [0.1, 0.15) is 5.70 Å². The Morgan fingerprint density at radius 3 is 2.67 bits per heavy atom. The van der Waals surface area contributed by atoms with Crippen LogP contribution in [0.2, 0.25) is 5.02 Å². The van der Waals surface area contributed by atoms with Crippen molar-refractivity contribution in [3.05, 3.63) is 58.2 Å². The molecule has 5 nitrogen and oxygen atoms in total. The topological polar surface area (TPSA) is 50.8 Å². The molecule has 1 heterocycles. The highest BCUT2D eigenvalue weighted by Gasteiger charge is 2.32. The summed E-state index contributed by atoms with van der Waals surface area (Å²) in [6.45, 7) is 4.31. The molecule has 0 aliphatic carbocycles. The van der Waals surface area contributed by atoms with E-state index in [1.165, 1.54) is 4.90 Å².